The SMILES string of the molecule is C[C@H](c1cnccn1)S(=O)(=O)N(C)C. The van der Waals surface area contributed by atoms with Gasteiger partial charge >= 0.3 is 0 Å². The fourth-order valence-electron chi connectivity index (χ4n) is 0.989. The van der Waals surface area contributed by atoms with Gasteiger partial charge in [-0.15, -0.1) is 0 Å². The molecule has 0 saturated heterocycles. The molecule has 14 heavy (non-hydrogen) atoms. The molecule has 0 spiro atoms. The fraction of sp³-hybridized carbons (Fsp3) is 0.500. The smallest absolute Gasteiger partial charge is 0.222 e. The Morgan fingerprint density at radius 2 is 2.00 bits per heavy atom. The topological polar surface area (TPSA) is 63.2 Å². The van der Waals surface area contributed by atoms with Crippen LogP contribution in [0.1, 0.15) is 17.9 Å². The molecule has 0 aromatic carbocycles. The van der Waals surface area contributed by atoms with E-state index in [2.05, 4.69) is 9.97 Å². The first-order valence-electron chi connectivity index (χ1n) is 4.13. The van der Waals surface area contributed by atoms with Crippen LogP contribution in [0, 0.1) is 0 Å². The second-order valence-electron chi connectivity index (χ2n) is 3.10. The van der Waals surface area contributed by atoms with Crippen LogP contribution in [-0.4, -0.2) is 36.8 Å². The Bertz CT molecular complexity index is 388. The Kier molecular flexibility index (Phi) is 3.17. The number of hydrogen-bond acceptors (Lipinski definition) is 4. The largest absolute Gasteiger partial charge is 0.261 e. The van der Waals surface area contributed by atoms with Crippen LogP contribution in [0.5, 0.6) is 0 Å². The minimum atomic E-state index is -3.30. The van der Waals surface area contributed by atoms with Gasteiger partial charge in [0.15, 0.2) is 0 Å². The maximum Gasteiger partial charge on any atom is 0.222 e. The van der Waals surface area contributed by atoms with E-state index in [9.17, 15) is 8.42 Å². The fourth-order valence-corrected chi connectivity index (χ4v) is 2.05. The lowest BCUT2D eigenvalue weighted by molar-refractivity contribution is 0.509. The van der Waals surface area contributed by atoms with Gasteiger partial charge in [-0.25, -0.2) is 12.7 Å². The molecule has 0 fully saturated rings. The Morgan fingerprint density at radius 3 is 2.43 bits per heavy atom. The summed E-state index contributed by atoms with van der Waals surface area (Å²) in [5.41, 5.74) is 0.459. The van der Waals surface area contributed by atoms with E-state index in [1.165, 1.54) is 37.0 Å². The molecule has 78 valence electrons. The first kappa shape index (κ1) is 11.1. The van der Waals surface area contributed by atoms with E-state index in [0.717, 1.165) is 0 Å². The monoisotopic (exact) mass is 215 g/mol. The molecule has 0 aliphatic heterocycles. The number of rotatable bonds is 3. The van der Waals surface area contributed by atoms with Gasteiger partial charge < -0.3 is 0 Å². The average molecular weight is 215 g/mol. The number of aromatic nitrogens is 2. The molecule has 0 aliphatic carbocycles. The van der Waals surface area contributed by atoms with E-state index in [-0.39, 0.29) is 0 Å². The molecule has 1 aromatic rings. The highest BCUT2D eigenvalue weighted by molar-refractivity contribution is 7.89. The van der Waals surface area contributed by atoms with Crippen molar-refractivity contribution in [1.29, 1.82) is 0 Å². The van der Waals surface area contributed by atoms with Gasteiger partial charge in [-0.1, -0.05) is 0 Å². The van der Waals surface area contributed by atoms with Crippen molar-refractivity contribution >= 4 is 10.0 Å². The van der Waals surface area contributed by atoms with Crippen molar-refractivity contribution in [1.82, 2.24) is 14.3 Å². The molecule has 6 heteroatoms. The second kappa shape index (κ2) is 4.02. The van der Waals surface area contributed by atoms with Crippen molar-refractivity contribution in [2.45, 2.75) is 12.2 Å². The summed E-state index contributed by atoms with van der Waals surface area (Å²) in [7, 11) is -0.295. The molecular formula is C8H13N3O2S. The third-order valence-corrected chi connectivity index (χ3v) is 4.11. The lowest BCUT2D eigenvalue weighted by atomic mass is 10.3. The van der Waals surface area contributed by atoms with Crippen LogP contribution in [0.25, 0.3) is 0 Å². The van der Waals surface area contributed by atoms with Crippen molar-refractivity contribution in [3.63, 3.8) is 0 Å². The zero-order chi connectivity index (χ0) is 10.8. The van der Waals surface area contributed by atoms with Crippen LogP contribution in [0.2, 0.25) is 0 Å². The normalized spacial score (nSPS) is 14.3. The standard InChI is InChI=1S/C8H13N3O2S/c1-7(14(12,13)11(2)3)8-6-9-4-5-10-8/h4-7H,1-3H3/t7-/m1/s1. The van der Waals surface area contributed by atoms with Gasteiger partial charge in [-0.3, -0.25) is 9.97 Å². The lowest BCUT2D eigenvalue weighted by Crippen LogP contribution is -2.27. The first-order valence-corrected chi connectivity index (χ1v) is 5.64. The minimum absolute atomic E-state index is 0.459. The average Bonchev–Trinajstić information content (AvgIpc) is 2.17. The summed E-state index contributed by atoms with van der Waals surface area (Å²) in [4.78, 5) is 7.79. The Labute approximate surface area is 83.9 Å². The summed E-state index contributed by atoms with van der Waals surface area (Å²) in [6.07, 6.45) is 4.46. The van der Waals surface area contributed by atoms with Crippen LogP contribution in [0.3, 0.4) is 0 Å². The zero-order valence-electron chi connectivity index (χ0n) is 8.38. The van der Waals surface area contributed by atoms with E-state index in [1.807, 2.05) is 0 Å². The van der Waals surface area contributed by atoms with Gasteiger partial charge in [0, 0.05) is 32.7 Å². The van der Waals surface area contributed by atoms with E-state index in [0.29, 0.717) is 5.69 Å². The molecule has 1 aromatic heterocycles. The second-order valence-corrected chi connectivity index (χ2v) is 5.57. The van der Waals surface area contributed by atoms with Crippen LogP contribution < -0.4 is 0 Å². The maximum atomic E-state index is 11.7. The Hall–Kier alpha value is -1.01. The summed E-state index contributed by atoms with van der Waals surface area (Å²) in [5.74, 6) is 0. The van der Waals surface area contributed by atoms with Gasteiger partial charge in [0.2, 0.25) is 10.0 Å². The van der Waals surface area contributed by atoms with Crippen LogP contribution in [0.15, 0.2) is 18.6 Å². The van der Waals surface area contributed by atoms with Crippen molar-refractivity contribution in [2.75, 3.05) is 14.1 Å². The number of hydrogen-bond donors (Lipinski definition) is 0. The quantitative estimate of drug-likeness (QED) is 0.733. The molecule has 1 rings (SSSR count). The molecule has 5 nitrogen and oxygen atoms in total. The van der Waals surface area contributed by atoms with Crippen molar-refractivity contribution in [3.05, 3.63) is 24.3 Å². The van der Waals surface area contributed by atoms with Crippen molar-refractivity contribution < 1.29 is 8.42 Å². The summed E-state index contributed by atoms with van der Waals surface area (Å²) in [6.45, 7) is 1.60. The maximum absolute atomic E-state index is 11.7. The van der Waals surface area contributed by atoms with Gasteiger partial charge in [0.1, 0.15) is 5.25 Å². The van der Waals surface area contributed by atoms with Crippen molar-refractivity contribution in [3.8, 4) is 0 Å². The summed E-state index contributed by atoms with van der Waals surface area (Å²) in [6, 6.07) is 0. The number of sulfonamides is 1. The molecule has 0 aliphatic rings. The van der Waals surface area contributed by atoms with Gasteiger partial charge in [-0.05, 0) is 6.92 Å². The third-order valence-electron chi connectivity index (χ3n) is 1.96. The molecule has 0 unspecified atom stereocenters. The van der Waals surface area contributed by atoms with Crippen LogP contribution in [-0.2, 0) is 10.0 Å². The van der Waals surface area contributed by atoms with E-state index in [1.54, 1.807) is 6.92 Å². The van der Waals surface area contributed by atoms with E-state index < -0.39 is 15.3 Å². The summed E-state index contributed by atoms with van der Waals surface area (Å²) < 4.78 is 24.6. The van der Waals surface area contributed by atoms with Gasteiger partial charge in [-0.2, -0.15) is 0 Å². The molecule has 0 saturated carbocycles. The van der Waals surface area contributed by atoms with Crippen molar-refractivity contribution in [2.24, 2.45) is 0 Å². The third kappa shape index (κ3) is 2.08. The van der Waals surface area contributed by atoms with Crippen LogP contribution in [0.4, 0.5) is 0 Å². The summed E-state index contributed by atoms with van der Waals surface area (Å²) >= 11 is 0. The molecule has 0 N–H and O–H groups in total. The molecule has 0 bridgehead atoms. The Morgan fingerprint density at radius 1 is 1.36 bits per heavy atom. The number of nitrogens with zero attached hydrogens (tertiary/aromatic N) is 3. The molecule has 0 amide bonds. The highest BCUT2D eigenvalue weighted by atomic mass is 32.2. The highest BCUT2D eigenvalue weighted by Gasteiger charge is 2.25. The Balaban J connectivity index is 3.03. The van der Waals surface area contributed by atoms with Gasteiger partial charge in [0.25, 0.3) is 0 Å². The first-order chi connectivity index (χ1) is 6.46. The van der Waals surface area contributed by atoms with Gasteiger partial charge in [0.05, 0.1) is 5.69 Å². The predicted molar refractivity (Wildman–Crippen MR) is 53.1 cm³/mol. The van der Waals surface area contributed by atoms with E-state index >= 15 is 0 Å². The summed E-state index contributed by atoms with van der Waals surface area (Å²) in [5, 5.41) is -0.661. The molecular weight excluding hydrogens is 202 g/mol. The lowest BCUT2D eigenvalue weighted by Gasteiger charge is -2.16. The molecule has 1 atom stereocenters. The highest BCUT2D eigenvalue weighted by Crippen LogP contribution is 2.20. The van der Waals surface area contributed by atoms with E-state index in [4.69, 9.17) is 0 Å². The minimum Gasteiger partial charge on any atom is -0.261 e. The molecule has 0 radical (unpaired) electrons. The zero-order valence-corrected chi connectivity index (χ0v) is 9.19. The molecule has 1 heterocycles. The predicted octanol–water partition coefficient (Wildman–Crippen LogP) is 0.429. The van der Waals surface area contributed by atoms with Crippen LogP contribution >= 0.6 is 0 Å².